The van der Waals surface area contributed by atoms with E-state index in [-0.39, 0.29) is 19.2 Å². The molecule has 0 amide bonds. The number of hydrogen-bond acceptors (Lipinski definition) is 4. The Kier molecular flexibility index (Phi) is 7.97. The summed E-state index contributed by atoms with van der Waals surface area (Å²) in [6, 6.07) is 0.875. The number of aliphatic hydroxyl groups is 1. The molecule has 0 aromatic carbocycles. The first kappa shape index (κ1) is 12.6. The molecule has 0 fully saturated rings. The van der Waals surface area contributed by atoms with Crippen LogP contribution < -0.4 is 0 Å². The van der Waals surface area contributed by atoms with Crippen LogP contribution in [0.3, 0.4) is 0 Å². The summed E-state index contributed by atoms with van der Waals surface area (Å²) in [5.74, 6) is -0.390. The van der Waals surface area contributed by atoms with Crippen molar-refractivity contribution in [3.8, 4) is 0 Å². The number of carbonyl (C=O) groups excluding carboxylic acids is 1. The van der Waals surface area contributed by atoms with Gasteiger partial charge in [0.05, 0.1) is 6.61 Å². The van der Waals surface area contributed by atoms with Crippen LogP contribution >= 0.6 is 0 Å². The number of ether oxygens (including phenoxy) is 2. The van der Waals surface area contributed by atoms with Gasteiger partial charge in [0.2, 0.25) is 0 Å². The van der Waals surface area contributed by atoms with E-state index < -0.39 is 6.10 Å². The van der Waals surface area contributed by atoms with Gasteiger partial charge in [-0.1, -0.05) is 6.04 Å². The number of esters is 1. The molecule has 0 aliphatic rings. The molecule has 13 heavy (non-hydrogen) atoms. The van der Waals surface area contributed by atoms with Crippen LogP contribution in [0.15, 0.2) is 0 Å². The van der Waals surface area contributed by atoms with Gasteiger partial charge in [0.1, 0.15) is 12.7 Å². The second kappa shape index (κ2) is 8.22. The van der Waals surface area contributed by atoms with Gasteiger partial charge in [-0.15, -0.1) is 0 Å². The lowest BCUT2D eigenvalue weighted by atomic mass is 10.4. The molecule has 0 aromatic heterocycles. The fraction of sp³-hybridized carbons (Fsp3) is 0.875. The highest BCUT2D eigenvalue weighted by atomic mass is 28.1. The maximum absolute atomic E-state index is 10.3. The lowest BCUT2D eigenvalue weighted by Gasteiger charge is -2.10. The summed E-state index contributed by atoms with van der Waals surface area (Å²) in [5, 5.41) is 9.18. The zero-order valence-electron chi connectivity index (χ0n) is 7.78. The largest absolute Gasteiger partial charge is 0.463 e. The van der Waals surface area contributed by atoms with Gasteiger partial charge in [-0.25, -0.2) is 0 Å². The molecule has 0 saturated heterocycles. The van der Waals surface area contributed by atoms with E-state index in [0.29, 0.717) is 6.61 Å². The topological polar surface area (TPSA) is 55.8 Å². The Morgan fingerprint density at radius 2 is 2.23 bits per heavy atom. The third kappa shape index (κ3) is 9.52. The Morgan fingerprint density at radius 1 is 1.54 bits per heavy atom. The first-order valence-electron chi connectivity index (χ1n) is 4.20. The fourth-order valence-electron chi connectivity index (χ4n) is 0.655. The van der Waals surface area contributed by atoms with Crippen molar-refractivity contribution in [2.75, 3.05) is 19.8 Å². The molecular weight excluding hydrogens is 188 g/mol. The van der Waals surface area contributed by atoms with Crippen LogP contribution in [0.2, 0.25) is 6.04 Å². The van der Waals surface area contributed by atoms with Crippen LogP contribution in [0.25, 0.3) is 0 Å². The lowest BCUT2D eigenvalue weighted by molar-refractivity contribution is -0.145. The molecule has 5 heteroatoms. The van der Waals surface area contributed by atoms with Crippen molar-refractivity contribution >= 4 is 16.2 Å². The summed E-state index contributed by atoms with van der Waals surface area (Å²) >= 11 is 0. The second-order valence-electron chi connectivity index (χ2n) is 2.63. The van der Waals surface area contributed by atoms with Crippen LogP contribution in [0.5, 0.6) is 0 Å². The zero-order valence-corrected chi connectivity index (χ0v) is 8.78. The van der Waals surface area contributed by atoms with Crippen molar-refractivity contribution in [3.63, 3.8) is 0 Å². The highest BCUT2D eigenvalue weighted by Crippen LogP contribution is 1.91. The Bertz CT molecular complexity index is 140. The predicted octanol–water partition coefficient (Wildman–Crippen LogP) is -0.0961. The Hall–Kier alpha value is -0.393. The van der Waals surface area contributed by atoms with E-state index in [1.165, 1.54) is 6.92 Å². The fourth-order valence-corrected chi connectivity index (χ4v) is 0.800. The predicted molar refractivity (Wildman–Crippen MR) is 48.6 cm³/mol. The molecule has 4 nitrogen and oxygen atoms in total. The SMILES string of the molecule is CC(=O)OCC(O)COCCC[Si]. The molecule has 1 N–H and O–H groups in total. The van der Waals surface area contributed by atoms with Crippen molar-refractivity contribution < 1.29 is 19.4 Å². The maximum Gasteiger partial charge on any atom is 0.302 e. The zero-order chi connectivity index (χ0) is 10.1. The Labute approximate surface area is 81.6 Å². The van der Waals surface area contributed by atoms with E-state index in [0.717, 1.165) is 12.5 Å². The number of aliphatic hydroxyl groups excluding tert-OH is 1. The van der Waals surface area contributed by atoms with Gasteiger partial charge in [-0.05, 0) is 6.42 Å². The average molecular weight is 203 g/mol. The van der Waals surface area contributed by atoms with Gasteiger partial charge in [-0.2, -0.15) is 0 Å². The summed E-state index contributed by atoms with van der Waals surface area (Å²) in [6.07, 6.45) is 0.176. The Morgan fingerprint density at radius 3 is 2.77 bits per heavy atom. The van der Waals surface area contributed by atoms with Crippen LogP contribution in [0.4, 0.5) is 0 Å². The van der Waals surface area contributed by atoms with E-state index in [1.807, 2.05) is 0 Å². The molecular formula is C8H15O4Si. The molecule has 1 unspecified atom stereocenters. The summed E-state index contributed by atoms with van der Waals surface area (Å²) in [7, 11) is 3.30. The van der Waals surface area contributed by atoms with Crippen LogP contribution in [-0.4, -0.2) is 47.2 Å². The van der Waals surface area contributed by atoms with Crippen molar-refractivity contribution in [2.45, 2.75) is 25.5 Å². The van der Waals surface area contributed by atoms with E-state index in [9.17, 15) is 9.90 Å². The van der Waals surface area contributed by atoms with Crippen molar-refractivity contribution in [1.29, 1.82) is 0 Å². The van der Waals surface area contributed by atoms with Gasteiger partial charge in [0, 0.05) is 23.8 Å². The summed E-state index contributed by atoms with van der Waals surface area (Å²) < 4.78 is 9.68. The minimum atomic E-state index is -0.724. The monoisotopic (exact) mass is 203 g/mol. The molecule has 0 aliphatic heterocycles. The summed E-state index contributed by atoms with van der Waals surface area (Å²) in [6.45, 7) is 2.11. The molecule has 0 spiro atoms. The minimum absolute atomic E-state index is 0.00318. The first-order valence-corrected chi connectivity index (χ1v) is 4.91. The molecule has 0 bridgehead atoms. The van der Waals surface area contributed by atoms with E-state index in [2.05, 4.69) is 15.0 Å². The van der Waals surface area contributed by atoms with Gasteiger partial charge in [0.25, 0.3) is 0 Å². The number of hydrogen-bond donors (Lipinski definition) is 1. The first-order chi connectivity index (χ1) is 6.16. The minimum Gasteiger partial charge on any atom is -0.463 e. The van der Waals surface area contributed by atoms with E-state index in [4.69, 9.17) is 4.74 Å². The maximum atomic E-state index is 10.3. The highest BCUT2D eigenvalue weighted by molar-refractivity contribution is 6.08. The molecule has 0 heterocycles. The molecule has 0 rings (SSSR count). The second-order valence-corrected chi connectivity index (χ2v) is 3.13. The Balaban J connectivity index is 3.19. The molecule has 75 valence electrons. The van der Waals surface area contributed by atoms with Gasteiger partial charge < -0.3 is 14.6 Å². The summed E-state index contributed by atoms with van der Waals surface area (Å²) in [4.78, 5) is 10.3. The quantitative estimate of drug-likeness (QED) is 0.357. The molecule has 0 aromatic rings. The molecule has 1 atom stereocenters. The normalized spacial score (nSPS) is 12.5. The molecule has 3 radical (unpaired) electrons. The van der Waals surface area contributed by atoms with Crippen molar-refractivity contribution in [2.24, 2.45) is 0 Å². The van der Waals surface area contributed by atoms with Gasteiger partial charge in [-0.3, -0.25) is 4.79 Å². The summed E-state index contributed by atoms with van der Waals surface area (Å²) in [5.41, 5.74) is 0. The third-order valence-corrected chi connectivity index (χ3v) is 1.61. The van der Waals surface area contributed by atoms with Crippen molar-refractivity contribution in [3.05, 3.63) is 0 Å². The van der Waals surface area contributed by atoms with Crippen LogP contribution in [0, 0.1) is 0 Å². The molecule has 0 aliphatic carbocycles. The van der Waals surface area contributed by atoms with Gasteiger partial charge >= 0.3 is 5.97 Å². The van der Waals surface area contributed by atoms with Gasteiger partial charge in [0.15, 0.2) is 0 Å². The number of carbonyl (C=O) groups is 1. The van der Waals surface area contributed by atoms with Crippen LogP contribution in [0.1, 0.15) is 13.3 Å². The standard InChI is InChI=1S/C8H15O4Si/c1-7(9)12-6-8(10)5-11-3-2-4-13/h8,10H,2-6H2,1H3. The van der Waals surface area contributed by atoms with E-state index in [1.54, 1.807) is 0 Å². The van der Waals surface area contributed by atoms with E-state index >= 15 is 0 Å². The number of rotatable bonds is 7. The lowest BCUT2D eigenvalue weighted by Crippen LogP contribution is -2.23. The van der Waals surface area contributed by atoms with Crippen LogP contribution in [-0.2, 0) is 14.3 Å². The third-order valence-electron chi connectivity index (χ3n) is 1.25. The van der Waals surface area contributed by atoms with Crippen molar-refractivity contribution in [1.82, 2.24) is 0 Å². The molecule has 0 saturated carbocycles. The highest BCUT2D eigenvalue weighted by Gasteiger charge is 2.05. The smallest absolute Gasteiger partial charge is 0.302 e. The average Bonchev–Trinajstić information content (AvgIpc) is 2.09.